The maximum absolute atomic E-state index is 12.0. The van der Waals surface area contributed by atoms with Crippen molar-refractivity contribution in [2.75, 3.05) is 33.3 Å². The van der Waals surface area contributed by atoms with Crippen LogP contribution >= 0.6 is 0 Å². The number of likely N-dealkylation sites (tertiary alicyclic amines) is 1. The number of piperidine rings is 1. The Morgan fingerprint density at radius 1 is 1.30 bits per heavy atom. The fourth-order valence-corrected chi connectivity index (χ4v) is 2.44. The minimum atomic E-state index is -0.435. The fraction of sp³-hybridized carbons (Fsp3) is 0.933. The molecule has 0 aliphatic carbocycles. The highest BCUT2D eigenvalue weighted by Gasteiger charge is 2.37. The minimum absolute atomic E-state index is 0.136. The standard InChI is InChI=1S/C15H30N2O3/c1-6-11-19-15(12-16-5)7-9-17(10-8-15)13(18)20-14(2,3)4/h16H,6-12H2,1-5H3. The summed E-state index contributed by atoms with van der Waals surface area (Å²) >= 11 is 0. The fourth-order valence-electron chi connectivity index (χ4n) is 2.44. The van der Waals surface area contributed by atoms with E-state index in [0.29, 0.717) is 13.1 Å². The Morgan fingerprint density at radius 2 is 1.90 bits per heavy atom. The highest BCUT2D eigenvalue weighted by Crippen LogP contribution is 2.27. The van der Waals surface area contributed by atoms with Gasteiger partial charge in [0.1, 0.15) is 5.60 Å². The number of carbonyl (C=O) groups excluding carboxylic acids is 1. The second-order valence-corrected chi connectivity index (χ2v) is 6.53. The van der Waals surface area contributed by atoms with E-state index in [1.807, 2.05) is 27.8 Å². The van der Waals surface area contributed by atoms with Crippen LogP contribution in [0.15, 0.2) is 0 Å². The van der Waals surface area contributed by atoms with Crippen LogP contribution in [0.3, 0.4) is 0 Å². The van der Waals surface area contributed by atoms with Crippen molar-refractivity contribution in [3.05, 3.63) is 0 Å². The molecule has 0 atom stereocenters. The van der Waals surface area contributed by atoms with Crippen LogP contribution in [-0.4, -0.2) is 55.5 Å². The number of hydrogen-bond acceptors (Lipinski definition) is 4. The zero-order valence-electron chi connectivity index (χ0n) is 13.6. The van der Waals surface area contributed by atoms with Crippen LogP contribution in [0.1, 0.15) is 47.0 Å². The Hall–Kier alpha value is -0.810. The molecular formula is C15H30N2O3. The molecule has 20 heavy (non-hydrogen) atoms. The van der Waals surface area contributed by atoms with Crippen LogP contribution in [0.4, 0.5) is 4.79 Å². The van der Waals surface area contributed by atoms with Crippen molar-refractivity contribution in [2.45, 2.75) is 58.2 Å². The van der Waals surface area contributed by atoms with E-state index in [4.69, 9.17) is 9.47 Å². The molecule has 5 nitrogen and oxygen atoms in total. The smallest absolute Gasteiger partial charge is 0.410 e. The van der Waals surface area contributed by atoms with Crippen LogP contribution in [0.5, 0.6) is 0 Å². The van der Waals surface area contributed by atoms with Gasteiger partial charge in [-0.25, -0.2) is 4.79 Å². The average Bonchev–Trinajstić information content (AvgIpc) is 2.35. The van der Waals surface area contributed by atoms with Crippen LogP contribution in [0.25, 0.3) is 0 Å². The summed E-state index contributed by atoms with van der Waals surface area (Å²) in [5, 5.41) is 3.21. The predicted octanol–water partition coefficient (Wildman–Crippen LogP) is 2.40. The number of amides is 1. The van der Waals surface area contributed by atoms with Crippen LogP contribution in [-0.2, 0) is 9.47 Å². The van der Waals surface area contributed by atoms with Crippen molar-refractivity contribution < 1.29 is 14.3 Å². The van der Waals surface area contributed by atoms with E-state index < -0.39 is 5.60 Å². The summed E-state index contributed by atoms with van der Waals surface area (Å²) in [6.45, 7) is 10.8. The quantitative estimate of drug-likeness (QED) is 0.843. The summed E-state index contributed by atoms with van der Waals surface area (Å²) in [7, 11) is 1.94. The molecule has 1 heterocycles. The molecule has 1 saturated heterocycles. The largest absolute Gasteiger partial charge is 0.444 e. The summed E-state index contributed by atoms with van der Waals surface area (Å²) in [4.78, 5) is 13.8. The van der Waals surface area contributed by atoms with Crippen LogP contribution in [0, 0.1) is 0 Å². The van der Waals surface area contributed by atoms with Crippen molar-refractivity contribution >= 4 is 6.09 Å². The van der Waals surface area contributed by atoms with E-state index >= 15 is 0 Å². The van der Waals surface area contributed by atoms with Crippen molar-refractivity contribution in [1.29, 1.82) is 0 Å². The summed E-state index contributed by atoms with van der Waals surface area (Å²) in [5.74, 6) is 0. The molecule has 1 aliphatic rings. The summed E-state index contributed by atoms with van der Waals surface area (Å²) in [6.07, 6.45) is 2.51. The lowest BCUT2D eigenvalue weighted by atomic mass is 9.91. The molecule has 1 rings (SSSR count). The number of hydrogen-bond donors (Lipinski definition) is 1. The third-order valence-electron chi connectivity index (χ3n) is 3.44. The number of ether oxygens (including phenoxy) is 2. The molecule has 1 amide bonds. The first-order valence-corrected chi connectivity index (χ1v) is 7.58. The van der Waals surface area contributed by atoms with E-state index in [2.05, 4.69) is 12.2 Å². The van der Waals surface area contributed by atoms with E-state index in [-0.39, 0.29) is 11.7 Å². The average molecular weight is 286 g/mol. The van der Waals surface area contributed by atoms with E-state index in [1.165, 1.54) is 0 Å². The van der Waals surface area contributed by atoms with Gasteiger partial charge in [0.25, 0.3) is 0 Å². The molecule has 0 bridgehead atoms. The highest BCUT2D eigenvalue weighted by atomic mass is 16.6. The van der Waals surface area contributed by atoms with Crippen LogP contribution in [0.2, 0.25) is 0 Å². The van der Waals surface area contributed by atoms with Crippen molar-refractivity contribution in [1.82, 2.24) is 10.2 Å². The molecule has 118 valence electrons. The number of rotatable bonds is 5. The minimum Gasteiger partial charge on any atom is -0.444 e. The second kappa shape index (κ2) is 7.27. The lowest BCUT2D eigenvalue weighted by Gasteiger charge is -2.41. The molecule has 0 aromatic rings. The Labute approximate surface area is 123 Å². The molecule has 0 spiro atoms. The normalized spacial score (nSPS) is 18.9. The SMILES string of the molecule is CCCOC1(CNC)CCN(C(=O)OC(C)(C)C)CC1. The second-order valence-electron chi connectivity index (χ2n) is 6.53. The number of nitrogens with zero attached hydrogens (tertiary/aromatic N) is 1. The van der Waals surface area contributed by atoms with Gasteiger partial charge in [-0.2, -0.15) is 0 Å². The maximum atomic E-state index is 12.0. The third kappa shape index (κ3) is 5.29. The predicted molar refractivity (Wildman–Crippen MR) is 79.9 cm³/mol. The molecule has 0 aromatic carbocycles. The Morgan fingerprint density at radius 3 is 2.35 bits per heavy atom. The van der Waals surface area contributed by atoms with Gasteiger partial charge >= 0.3 is 6.09 Å². The Kier molecular flexibility index (Phi) is 6.27. The van der Waals surface area contributed by atoms with Gasteiger partial charge in [-0.1, -0.05) is 6.92 Å². The molecule has 0 aromatic heterocycles. The molecule has 1 fully saturated rings. The number of likely N-dealkylation sites (N-methyl/N-ethyl adjacent to an activating group) is 1. The van der Waals surface area contributed by atoms with Crippen molar-refractivity contribution in [3.63, 3.8) is 0 Å². The topological polar surface area (TPSA) is 50.8 Å². The zero-order chi connectivity index (χ0) is 15.2. The zero-order valence-corrected chi connectivity index (χ0v) is 13.6. The first kappa shape index (κ1) is 17.2. The van der Waals surface area contributed by atoms with Gasteiger partial charge in [-0.15, -0.1) is 0 Å². The van der Waals surface area contributed by atoms with Crippen molar-refractivity contribution in [3.8, 4) is 0 Å². The molecule has 1 aliphatic heterocycles. The first-order chi connectivity index (χ1) is 9.32. The van der Waals surface area contributed by atoms with Gasteiger partial charge in [0, 0.05) is 26.2 Å². The molecule has 1 N–H and O–H groups in total. The van der Waals surface area contributed by atoms with E-state index in [1.54, 1.807) is 4.90 Å². The maximum Gasteiger partial charge on any atom is 0.410 e. The van der Waals surface area contributed by atoms with Gasteiger partial charge in [0.05, 0.1) is 5.60 Å². The van der Waals surface area contributed by atoms with Crippen LogP contribution < -0.4 is 5.32 Å². The highest BCUT2D eigenvalue weighted by molar-refractivity contribution is 5.68. The molecule has 0 radical (unpaired) electrons. The summed E-state index contributed by atoms with van der Waals surface area (Å²) in [6, 6.07) is 0. The Balaban J connectivity index is 2.53. The molecule has 5 heteroatoms. The Bertz CT molecular complexity index is 305. The van der Waals surface area contributed by atoms with E-state index in [9.17, 15) is 4.79 Å². The van der Waals surface area contributed by atoms with Gasteiger partial charge in [-0.3, -0.25) is 0 Å². The van der Waals surface area contributed by atoms with E-state index in [0.717, 1.165) is 32.4 Å². The number of carbonyl (C=O) groups is 1. The first-order valence-electron chi connectivity index (χ1n) is 7.58. The summed E-state index contributed by atoms with van der Waals surface area (Å²) < 4.78 is 11.5. The summed E-state index contributed by atoms with van der Waals surface area (Å²) in [5.41, 5.74) is -0.571. The van der Waals surface area contributed by atoms with Gasteiger partial charge in [0.2, 0.25) is 0 Å². The van der Waals surface area contributed by atoms with Gasteiger partial charge in [0.15, 0.2) is 0 Å². The van der Waals surface area contributed by atoms with Crippen molar-refractivity contribution in [2.24, 2.45) is 0 Å². The van der Waals surface area contributed by atoms with Gasteiger partial charge in [-0.05, 0) is 47.1 Å². The molecule has 0 unspecified atom stereocenters. The molecule has 0 saturated carbocycles. The molecular weight excluding hydrogens is 256 g/mol. The third-order valence-corrected chi connectivity index (χ3v) is 3.44. The number of nitrogens with one attached hydrogen (secondary N) is 1. The monoisotopic (exact) mass is 286 g/mol. The lowest BCUT2D eigenvalue weighted by molar-refractivity contribution is -0.0818. The van der Waals surface area contributed by atoms with Gasteiger partial charge < -0.3 is 19.7 Å². The lowest BCUT2D eigenvalue weighted by Crippen LogP contribution is -2.53.